The quantitative estimate of drug-likeness (QED) is 0.0959. The van der Waals surface area contributed by atoms with Gasteiger partial charge < -0.3 is 24.3 Å². The maximum absolute atomic E-state index is 13.8. The number of amides is 5. The van der Waals surface area contributed by atoms with Crippen LogP contribution in [0.5, 0.6) is 5.75 Å². The Labute approximate surface area is 320 Å². The van der Waals surface area contributed by atoms with E-state index in [0.717, 1.165) is 16.0 Å². The maximum atomic E-state index is 13.8. The van der Waals surface area contributed by atoms with Gasteiger partial charge in [0.25, 0.3) is 0 Å². The number of likely N-dealkylation sites (tertiary alicyclic amines) is 1. The Bertz CT molecular complexity index is 1960. The number of hydrogen-bond donors (Lipinski definition) is 1. The van der Waals surface area contributed by atoms with Crippen LogP contribution >= 0.6 is 0 Å². The van der Waals surface area contributed by atoms with Gasteiger partial charge in [0.1, 0.15) is 29.4 Å². The van der Waals surface area contributed by atoms with E-state index in [9.17, 15) is 24.0 Å². The van der Waals surface area contributed by atoms with E-state index in [1.54, 1.807) is 66.7 Å². The number of nitrogens with zero attached hydrogens (tertiary/aromatic N) is 3. The minimum Gasteiger partial charge on any atom is -0.469 e. The van der Waals surface area contributed by atoms with E-state index in [0.29, 0.717) is 21.8 Å². The fourth-order valence-corrected chi connectivity index (χ4v) is 5.60. The Balaban J connectivity index is 1.38. The summed E-state index contributed by atoms with van der Waals surface area (Å²) in [6, 6.07) is 26.8. The van der Waals surface area contributed by atoms with Gasteiger partial charge in [-0.3, -0.25) is 4.79 Å². The Morgan fingerprint density at radius 3 is 1.96 bits per heavy atom. The van der Waals surface area contributed by atoms with Crippen LogP contribution in [0.2, 0.25) is 0 Å². The molecule has 5 amide bonds. The van der Waals surface area contributed by atoms with Crippen LogP contribution in [0.25, 0.3) is 0 Å². The van der Waals surface area contributed by atoms with Gasteiger partial charge in [0.05, 0.1) is 17.5 Å². The van der Waals surface area contributed by atoms with Gasteiger partial charge in [-0.1, -0.05) is 60.7 Å². The number of nitrogens with one attached hydrogen (secondary N) is 1. The van der Waals surface area contributed by atoms with Crippen molar-refractivity contribution >= 4 is 35.9 Å². The molecule has 0 unspecified atom stereocenters. The van der Waals surface area contributed by atoms with Crippen molar-refractivity contribution in [2.24, 2.45) is 5.92 Å². The Morgan fingerprint density at radius 1 is 0.800 bits per heavy atom. The molecule has 4 aromatic rings. The van der Waals surface area contributed by atoms with E-state index in [-0.39, 0.29) is 18.8 Å². The van der Waals surface area contributed by atoms with Gasteiger partial charge in [0.2, 0.25) is 5.91 Å². The molecular weight excluding hydrogens is 704 g/mol. The van der Waals surface area contributed by atoms with Crippen molar-refractivity contribution in [3.63, 3.8) is 0 Å². The van der Waals surface area contributed by atoms with Crippen LogP contribution in [0.4, 0.5) is 20.2 Å². The van der Waals surface area contributed by atoms with Crippen molar-refractivity contribution in [1.29, 1.82) is 0 Å². The normalized spacial score (nSPS) is 15.9. The number of esters is 1. The number of carbonyl (C=O) groups excluding carboxylic acids is 5. The van der Waals surface area contributed by atoms with E-state index in [2.05, 4.69) is 10.3 Å². The van der Waals surface area contributed by atoms with Crippen LogP contribution in [0, 0.1) is 5.92 Å². The van der Waals surface area contributed by atoms with Gasteiger partial charge in [-0.05, 0) is 108 Å². The van der Waals surface area contributed by atoms with E-state index < -0.39 is 59.5 Å². The van der Waals surface area contributed by atoms with Crippen LogP contribution in [0.15, 0.2) is 103 Å². The average Bonchev–Trinajstić information content (AvgIpc) is 3.12. The molecule has 0 bridgehead atoms. The topological polar surface area (TPSA) is 154 Å². The zero-order valence-corrected chi connectivity index (χ0v) is 32.0. The van der Waals surface area contributed by atoms with E-state index in [1.807, 2.05) is 60.7 Å². The number of imide groups is 2. The first kappa shape index (κ1) is 40.0. The number of carbonyl (C=O) groups is 5. The monoisotopic (exact) mass is 750 g/mol. The zero-order chi connectivity index (χ0) is 39.9. The van der Waals surface area contributed by atoms with Crippen LogP contribution < -0.4 is 15.0 Å². The molecule has 1 fully saturated rings. The summed E-state index contributed by atoms with van der Waals surface area (Å²) in [4.78, 5) is 72.6. The third-order valence-corrected chi connectivity index (χ3v) is 8.22. The second kappa shape index (κ2) is 16.8. The smallest absolute Gasteiger partial charge is 0.425 e. The minimum absolute atomic E-state index is 0.0530. The summed E-state index contributed by atoms with van der Waals surface area (Å²) >= 11 is 0. The highest BCUT2D eigenvalue weighted by molar-refractivity contribution is 6.08. The van der Waals surface area contributed by atoms with Crippen LogP contribution in [-0.4, -0.2) is 57.4 Å². The molecule has 3 aromatic carbocycles. The van der Waals surface area contributed by atoms with Gasteiger partial charge in [-0.2, -0.15) is 4.90 Å². The van der Waals surface area contributed by atoms with Gasteiger partial charge in [-0.15, -0.1) is 0 Å². The van der Waals surface area contributed by atoms with Crippen molar-refractivity contribution in [3.8, 4) is 5.75 Å². The number of aromatic nitrogens is 1. The second-order valence-corrected chi connectivity index (χ2v) is 15.0. The molecule has 0 spiro atoms. The molecule has 1 aliphatic heterocycles. The van der Waals surface area contributed by atoms with Crippen molar-refractivity contribution in [2.75, 3.05) is 4.90 Å². The summed E-state index contributed by atoms with van der Waals surface area (Å²) in [7, 11) is 0. The number of ether oxygens (including phenoxy) is 4. The highest BCUT2D eigenvalue weighted by Crippen LogP contribution is 2.34. The second-order valence-electron chi connectivity index (χ2n) is 15.0. The molecule has 1 aliphatic rings. The van der Waals surface area contributed by atoms with Crippen LogP contribution in [0.3, 0.4) is 0 Å². The summed E-state index contributed by atoms with van der Waals surface area (Å²) < 4.78 is 22.7. The first-order valence-corrected chi connectivity index (χ1v) is 17.9. The number of hydrogen-bond acceptors (Lipinski definition) is 10. The molecule has 2 heterocycles. The first-order chi connectivity index (χ1) is 26.0. The van der Waals surface area contributed by atoms with E-state index in [1.165, 1.54) is 24.4 Å². The standard InChI is InChI=1S/C42H46N4O9/c1-27(30-16-12-9-13-17-30)44-38(49)46-35(47)33(36(46)53-32-20-18-31(19-21-32)37(48)52-26-28-14-10-8-11-15-28)24-29-22-23-43-34(25-29)45(39(50)54-41(2,3)4)40(51)55-42(5,6)7/h8-23,25,27,33,36H,24,26H2,1-7H3,(H,44,49)/t27-,33+,36-/m1/s1. The molecular formula is C42H46N4O9. The lowest BCUT2D eigenvalue weighted by Crippen LogP contribution is -2.68. The average molecular weight is 751 g/mol. The van der Waals surface area contributed by atoms with Gasteiger partial charge in [0.15, 0.2) is 6.23 Å². The number of benzene rings is 3. The SMILES string of the molecule is C[C@@H](NC(=O)N1C(=O)[C@H](Cc2ccnc(N(C(=O)OC(C)(C)C)C(=O)OC(C)(C)C)c2)[C@H]1Oc1ccc(C(=O)OCc2ccccc2)cc1)c1ccccc1. The highest BCUT2D eigenvalue weighted by atomic mass is 16.6. The van der Waals surface area contributed by atoms with Gasteiger partial charge in [0, 0.05) is 6.20 Å². The van der Waals surface area contributed by atoms with Crippen molar-refractivity contribution < 1.29 is 42.9 Å². The molecule has 3 atom stereocenters. The number of β-lactam (4-membered cyclic amide) rings is 1. The van der Waals surface area contributed by atoms with Gasteiger partial charge >= 0.3 is 24.2 Å². The molecule has 288 valence electrons. The summed E-state index contributed by atoms with van der Waals surface area (Å²) in [6.45, 7) is 11.9. The molecule has 1 aromatic heterocycles. The number of urea groups is 1. The van der Waals surface area contributed by atoms with Gasteiger partial charge in [-0.25, -0.2) is 29.1 Å². The fourth-order valence-electron chi connectivity index (χ4n) is 5.60. The lowest BCUT2D eigenvalue weighted by atomic mass is 9.89. The lowest BCUT2D eigenvalue weighted by Gasteiger charge is -2.45. The first-order valence-electron chi connectivity index (χ1n) is 17.9. The fraction of sp³-hybridized carbons (Fsp3) is 0.333. The summed E-state index contributed by atoms with van der Waals surface area (Å²) in [6.07, 6.45) is -1.59. The molecule has 0 aliphatic carbocycles. The summed E-state index contributed by atoms with van der Waals surface area (Å²) in [5.41, 5.74) is 0.640. The highest BCUT2D eigenvalue weighted by Gasteiger charge is 2.53. The molecule has 1 N–H and O–H groups in total. The minimum atomic E-state index is -1.06. The third-order valence-electron chi connectivity index (χ3n) is 8.22. The molecule has 0 saturated carbocycles. The Kier molecular flexibility index (Phi) is 12.2. The third kappa shape index (κ3) is 10.7. The molecule has 1 saturated heterocycles. The number of rotatable bonds is 10. The van der Waals surface area contributed by atoms with E-state index >= 15 is 0 Å². The molecule has 5 rings (SSSR count). The molecule has 55 heavy (non-hydrogen) atoms. The molecule has 0 radical (unpaired) electrons. The largest absolute Gasteiger partial charge is 0.469 e. The predicted octanol–water partition coefficient (Wildman–Crippen LogP) is 7.99. The predicted molar refractivity (Wildman–Crippen MR) is 203 cm³/mol. The summed E-state index contributed by atoms with van der Waals surface area (Å²) in [5, 5.41) is 2.87. The van der Waals surface area contributed by atoms with Crippen LogP contribution in [0.1, 0.15) is 81.6 Å². The molecule has 13 nitrogen and oxygen atoms in total. The number of anilines is 1. The lowest BCUT2D eigenvalue weighted by molar-refractivity contribution is -0.166. The summed E-state index contributed by atoms with van der Waals surface area (Å²) in [5.74, 6) is -1.67. The van der Waals surface area contributed by atoms with Crippen LogP contribution in [-0.2, 0) is 32.0 Å². The maximum Gasteiger partial charge on any atom is 0.425 e. The van der Waals surface area contributed by atoms with Crippen molar-refractivity contribution in [3.05, 3.63) is 126 Å². The Morgan fingerprint density at radius 2 is 1.38 bits per heavy atom. The van der Waals surface area contributed by atoms with E-state index in [4.69, 9.17) is 18.9 Å². The zero-order valence-electron chi connectivity index (χ0n) is 32.0. The van der Waals surface area contributed by atoms with Crippen molar-refractivity contribution in [1.82, 2.24) is 15.2 Å². The van der Waals surface area contributed by atoms with Crippen molar-refractivity contribution in [2.45, 2.75) is 85.0 Å². The number of pyridine rings is 1. The Hall–Kier alpha value is -6.24. The molecule has 13 heteroatoms.